The molecule has 1 saturated heterocycles. The maximum atomic E-state index is 12.7. The third-order valence-electron chi connectivity index (χ3n) is 4.65. The van der Waals surface area contributed by atoms with Crippen LogP contribution in [0.3, 0.4) is 0 Å². The van der Waals surface area contributed by atoms with E-state index >= 15 is 0 Å². The van der Waals surface area contributed by atoms with Crippen LogP contribution in [0.25, 0.3) is 0 Å². The van der Waals surface area contributed by atoms with Crippen LogP contribution in [0, 0.1) is 12.8 Å². The molecule has 1 aromatic heterocycles. The van der Waals surface area contributed by atoms with Gasteiger partial charge in [-0.15, -0.1) is 0 Å². The fourth-order valence-corrected chi connectivity index (χ4v) is 3.51. The van der Waals surface area contributed by atoms with Crippen LogP contribution in [0.4, 0.5) is 0 Å². The monoisotopic (exact) mass is 347 g/mol. The van der Waals surface area contributed by atoms with Gasteiger partial charge in [-0.25, -0.2) is 0 Å². The van der Waals surface area contributed by atoms with Gasteiger partial charge in [-0.1, -0.05) is 13.8 Å². The van der Waals surface area contributed by atoms with Crippen molar-refractivity contribution in [3.8, 4) is 0 Å². The van der Waals surface area contributed by atoms with Crippen molar-refractivity contribution in [2.45, 2.75) is 52.2 Å². The molecule has 0 aromatic carbocycles. The normalized spacial score (nSPS) is 24.0. The number of ether oxygens (including phenoxy) is 1. The largest absolute Gasteiger partial charge is 0.503 e. The molecule has 1 fully saturated rings. The average Bonchev–Trinajstić information content (AvgIpc) is 3.24. The summed E-state index contributed by atoms with van der Waals surface area (Å²) in [6, 6.07) is 2.87. The van der Waals surface area contributed by atoms with E-state index in [9.17, 15) is 14.7 Å². The van der Waals surface area contributed by atoms with Gasteiger partial charge in [-0.3, -0.25) is 9.59 Å². The number of carbonyl (C=O) groups excluding carboxylic acids is 2. The molecule has 2 unspecified atom stereocenters. The average molecular weight is 347 g/mol. The van der Waals surface area contributed by atoms with Crippen molar-refractivity contribution in [3.05, 3.63) is 35.0 Å². The molecule has 3 heterocycles. The Morgan fingerprint density at radius 3 is 2.72 bits per heavy atom. The highest BCUT2D eigenvalue weighted by molar-refractivity contribution is 6.08. The number of ketones is 1. The van der Waals surface area contributed by atoms with E-state index in [-0.39, 0.29) is 29.8 Å². The second-order valence-electron chi connectivity index (χ2n) is 7.23. The van der Waals surface area contributed by atoms with Crippen molar-refractivity contribution in [2.75, 3.05) is 13.2 Å². The number of aliphatic hydroxyl groups is 1. The zero-order valence-corrected chi connectivity index (χ0v) is 14.9. The number of Topliss-reactive ketones (excluding diaryl/α,β-unsaturated/α-hetero) is 1. The number of nitrogens with zero attached hydrogens (tertiary/aromatic N) is 1. The van der Waals surface area contributed by atoms with E-state index < -0.39 is 17.7 Å². The molecule has 3 rings (SSSR count). The number of rotatable bonds is 6. The van der Waals surface area contributed by atoms with Gasteiger partial charge in [0.1, 0.15) is 17.6 Å². The number of aryl methyl sites for hydroxylation is 1. The van der Waals surface area contributed by atoms with Crippen LogP contribution in [0.2, 0.25) is 0 Å². The highest BCUT2D eigenvalue weighted by Gasteiger charge is 2.45. The lowest BCUT2D eigenvalue weighted by Gasteiger charge is -2.27. The predicted molar refractivity (Wildman–Crippen MR) is 91.0 cm³/mol. The zero-order chi connectivity index (χ0) is 18.1. The van der Waals surface area contributed by atoms with Crippen LogP contribution in [-0.4, -0.2) is 41.0 Å². The van der Waals surface area contributed by atoms with Gasteiger partial charge in [0.25, 0.3) is 5.91 Å². The van der Waals surface area contributed by atoms with Crippen molar-refractivity contribution in [3.63, 3.8) is 0 Å². The molecular weight excluding hydrogens is 322 g/mol. The number of furan rings is 1. The van der Waals surface area contributed by atoms with Gasteiger partial charge in [-0.05, 0) is 37.8 Å². The minimum atomic E-state index is -0.684. The summed E-state index contributed by atoms with van der Waals surface area (Å²) in [4.78, 5) is 26.9. The van der Waals surface area contributed by atoms with Gasteiger partial charge < -0.3 is 19.2 Å². The van der Waals surface area contributed by atoms with Crippen molar-refractivity contribution in [1.29, 1.82) is 0 Å². The first-order valence-electron chi connectivity index (χ1n) is 8.83. The molecule has 136 valence electrons. The summed E-state index contributed by atoms with van der Waals surface area (Å²) in [5.74, 6) is 0.134. The van der Waals surface area contributed by atoms with Gasteiger partial charge in [0.05, 0.1) is 11.7 Å². The summed E-state index contributed by atoms with van der Waals surface area (Å²) in [6.07, 6.45) is 2.02. The van der Waals surface area contributed by atoms with Crippen LogP contribution in [0.1, 0.15) is 50.7 Å². The quantitative estimate of drug-likeness (QED) is 0.855. The second-order valence-corrected chi connectivity index (χ2v) is 7.23. The van der Waals surface area contributed by atoms with Crippen molar-refractivity contribution in [1.82, 2.24) is 4.90 Å². The van der Waals surface area contributed by atoms with E-state index in [4.69, 9.17) is 9.15 Å². The number of aliphatic hydroxyl groups excluding tert-OH is 1. The first-order valence-corrected chi connectivity index (χ1v) is 8.83. The Balaban J connectivity index is 1.95. The minimum absolute atomic E-state index is 0.0742. The molecular formula is C19H25NO5. The molecule has 25 heavy (non-hydrogen) atoms. The molecule has 0 radical (unpaired) electrons. The van der Waals surface area contributed by atoms with Crippen LogP contribution in [-0.2, 0) is 14.3 Å². The highest BCUT2D eigenvalue weighted by Crippen LogP contribution is 2.40. The molecule has 0 bridgehead atoms. The van der Waals surface area contributed by atoms with E-state index in [0.717, 1.165) is 12.8 Å². The van der Waals surface area contributed by atoms with E-state index in [0.29, 0.717) is 24.7 Å². The summed E-state index contributed by atoms with van der Waals surface area (Å²) in [5.41, 5.74) is 0.144. The first kappa shape index (κ1) is 17.7. The first-order chi connectivity index (χ1) is 11.9. The van der Waals surface area contributed by atoms with E-state index in [1.165, 1.54) is 4.90 Å². The zero-order valence-electron chi connectivity index (χ0n) is 14.9. The fraction of sp³-hybridized carbons (Fsp3) is 0.579. The Morgan fingerprint density at radius 2 is 2.16 bits per heavy atom. The van der Waals surface area contributed by atoms with Crippen LogP contribution in [0.5, 0.6) is 0 Å². The Kier molecular flexibility index (Phi) is 4.99. The topological polar surface area (TPSA) is 80.0 Å². The van der Waals surface area contributed by atoms with Crippen LogP contribution in [0.15, 0.2) is 27.9 Å². The summed E-state index contributed by atoms with van der Waals surface area (Å²) in [6.45, 7) is 6.69. The Morgan fingerprint density at radius 1 is 1.40 bits per heavy atom. The molecule has 0 saturated carbocycles. The van der Waals surface area contributed by atoms with Gasteiger partial charge in [0.15, 0.2) is 11.5 Å². The fourth-order valence-electron chi connectivity index (χ4n) is 3.51. The van der Waals surface area contributed by atoms with Gasteiger partial charge >= 0.3 is 0 Å². The minimum Gasteiger partial charge on any atom is -0.503 e. The van der Waals surface area contributed by atoms with Gasteiger partial charge in [0, 0.05) is 19.6 Å². The Labute approximate surface area is 147 Å². The van der Waals surface area contributed by atoms with Crippen molar-refractivity contribution >= 4 is 11.7 Å². The molecule has 0 aliphatic carbocycles. The maximum absolute atomic E-state index is 12.7. The number of hydrogen-bond acceptors (Lipinski definition) is 5. The molecule has 0 spiro atoms. The molecule has 2 atom stereocenters. The van der Waals surface area contributed by atoms with Gasteiger partial charge in [0.2, 0.25) is 0 Å². The molecule has 6 nitrogen and oxygen atoms in total. The second kappa shape index (κ2) is 7.04. The predicted octanol–water partition coefficient (Wildman–Crippen LogP) is 3.08. The van der Waals surface area contributed by atoms with Gasteiger partial charge in [-0.2, -0.15) is 0 Å². The third-order valence-corrected chi connectivity index (χ3v) is 4.65. The Bertz CT molecular complexity index is 696. The summed E-state index contributed by atoms with van der Waals surface area (Å²) in [7, 11) is 0. The molecule has 1 aromatic rings. The van der Waals surface area contributed by atoms with E-state index in [1.54, 1.807) is 12.1 Å². The van der Waals surface area contributed by atoms with E-state index in [2.05, 4.69) is 0 Å². The lowest BCUT2D eigenvalue weighted by Crippen LogP contribution is -2.37. The smallest absolute Gasteiger partial charge is 0.290 e. The maximum Gasteiger partial charge on any atom is 0.290 e. The number of hydrogen-bond donors (Lipinski definition) is 1. The van der Waals surface area contributed by atoms with Crippen LogP contribution < -0.4 is 0 Å². The SMILES string of the molecule is Cc1ccc(C2C(C(=O)CC(C)C)=C(O)C(=O)N2CC2CCCO2)o1. The summed E-state index contributed by atoms with van der Waals surface area (Å²) >= 11 is 0. The third kappa shape index (κ3) is 3.49. The number of amides is 1. The molecule has 2 aliphatic heterocycles. The summed E-state index contributed by atoms with van der Waals surface area (Å²) in [5, 5.41) is 10.4. The number of carbonyl (C=O) groups is 2. The molecule has 6 heteroatoms. The summed E-state index contributed by atoms with van der Waals surface area (Å²) < 4.78 is 11.4. The standard InChI is InChI=1S/C19H25NO5/c1-11(2)9-14(21)16-17(15-7-6-12(3)25-15)20(19(23)18(16)22)10-13-5-4-8-24-13/h6-7,11,13,17,22H,4-5,8-10H2,1-3H3. The van der Waals surface area contributed by atoms with Crippen LogP contribution >= 0.6 is 0 Å². The lowest BCUT2D eigenvalue weighted by atomic mass is 9.95. The van der Waals surface area contributed by atoms with Crippen molar-refractivity contribution in [2.24, 2.45) is 5.92 Å². The highest BCUT2D eigenvalue weighted by atomic mass is 16.5. The molecule has 1 N–H and O–H groups in total. The van der Waals surface area contributed by atoms with Crippen molar-refractivity contribution < 1.29 is 23.8 Å². The Hall–Kier alpha value is -2.08. The van der Waals surface area contributed by atoms with E-state index in [1.807, 2.05) is 20.8 Å². The molecule has 2 aliphatic rings. The molecule has 1 amide bonds. The lowest BCUT2D eigenvalue weighted by molar-refractivity contribution is -0.131.